The van der Waals surface area contributed by atoms with Crippen LogP contribution in [-0.4, -0.2) is 25.7 Å². The van der Waals surface area contributed by atoms with E-state index >= 15 is 0 Å². The summed E-state index contributed by atoms with van der Waals surface area (Å²) in [4.78, 5) is 11.6. The molecule has 21 heavy (non-hydrogen) atoms. The van der Waals surface area contributed by atoms with E-state index in [2.05, 4.69) is 5.32 Å². The number of benzene rings is 1. The lowest BCUT2D eigenvalue weighted by Crippen LogP contribution is -2.39. The molecule has 1 aromatic carbocycles. The number of rotatable bonds is 6. The van der Waals surface area contributed by atoms with Gasteiger partial charge in [0.15, 0.2) is 0 Å². The SMILES string of the molecule is CCOP(=O)(OCC)c1ccc2c(c1)C(C(N)=O)NCC2. The minimum Gasteiger partial charge on any atom is -0.368 e. The van der Waals surface area contributed by atoms with E-state index in [-0.39, 0.29) is 13.2 Å². The van der Waals surface area contributed by atoms with Gasteiger partial charge in [0.25, 0.3) is 0 Å². The third-order valence-corrected chi connectivity index (χ3v) is 5.49. The first-order valence-corrected chi connectivity index (χ1v) is 8.61. The Kier molecular flexibility index (Phi) is 5.17. The molecule has 1 unspecified atom stereocenters. The first-order valence-electron chi connectivity index (χ1n) is 7.07. The molecule has 1 aliphatic heterocycles. The molecule has 0 saturated heterocycles. The van der Waals surface area contributed by atoms with Gasteiger partial charge in [-0.3, -0.25) is 9.36 Å². The Bertz CT molecular complexity index is 566. The standard InChI is InChI=1S/C14H21N2O4P/c1-3-19-21(18,20-4-2)11-6-5-10-7-8-16-13(14(15)17)12(10)9-11/h5-6,9,13,16H,3-4,7-8H2,1-2H3,(H2,15,17). The summed E-state index contributed by atoms with van der Waals surface area (Å²) in [7, 11) is -3.35. The van der Waals surface area contributed by atoms with E-state index in [1.165, 1.54) is 0 Å². The van der Waals surface area contributed by atoms with Gasteiger partial charge in [-0.15, -0.1) is 0 Å². The van der Waals surface area contributed by atoms with Crippen LogP contribution in [0, 0.1) is 0 Å². The Balaban J connectivity index is 2.45. The average molecular weight is 312 g/mol. The summed E-state index contributed by atoms with van der Waals surface area (Å²) in [5.74, 6) is -0.448. The number of amides is 1. The molecule has 0 bridgehead atoms. The van der Waals surface area contributed by atoms with Crippen molar-refractivity contribution in [2.75, 3.05) is 19.8 Å². The molecule has 3 N–H and O–H groups in total. The highest BCUT2D eigenvalue weighted by atomic mass is 31.2. The fraction of sp³-hybridized carbons (Fsp3) is 0.500. The Morgan fingerprint density at radius 2 is 2.05 bits per heavy atom. The monoisotopic (exact) mass is 312 g/mol. The van der Waals surface area contributed by atoms with E-state index in [9.17, 15) is 9.36 Å². The maximum atomic E-state index is 12.8. The quantitative estimate of drug-likeness (QED) is 0.772. The first kappa shape index (κ1) is 16.2. The predicted octanol–water partition coefficient (Wildman–Crippen LogP) is 1.25. The van der Waals surface area contributed by atoms with Crippen molar-refractivity contribution in [1.29, 1.82) is 0 Å². The number of nitrogens with two attached hydrogens (primary N) is 1. The Hall–Kier alpha value is -1.20. The van der Waals surface area contributed by atoms with E-state index in [0.29, 0.717) is 11.8 Å². The van der Waals surface area contributed by atoms with E-state index in [1.807, 2.05) is 6.07 Å². The maximum absolute atomic E-state index is 12.8. The van der Waals surface area contributed by atoms with Crippen LogP contribution in [0.15, 0.2) is 18.2 Å². The Morgan fingerprint density at radius 1 is 1.38 bits per heavy atom. The summed E-state index contributed by atoms with van der Waals surface area (Å²) >= 11 is 0. The minimum atomic E-state index is -3.35. The van der Waals surface area contributed by atoms with Gasteiger partial charge in [-0.2, -0.15) is 0 Å². The van der Waals surface area contributed by atoms with Gasteiger partial charge < -0.3 is 20.1 Å². The smallest absolute Gasteiger partial charge is 0.361 e. The van der Waals surface area contributed by atoms with Crippen molar-refractivity contribution in [3.63, 3.8) is 0 Å². The van der Waals surface area contributed by atoms with Crippen LogP contribution in [0.3, 0.4) is 0 Å². The van der Waals surface area contributed by atoms with Crippen molar-refractivity contribution in [2.45, 2.75) is 26.3 Å². The zero-order valence-electron chi connectivity index (χ0n) is 12.3. The number of hydrogen-bond donors (Lipinski definition) is 2. The van der Waals surface area contributed by atoms with Gasteiger partial charge in [-0.05, 0) is 43.5 Å². The Labute approximate surface area is 124 Å². The molecule has 1 aromatic rings. The molecule has 116 valence electrons. The van der Waals surface area contributed by atoms with Crippen molar-refractivity contribution < 1.29 is 18.4 Å². The molecule has 6 nitrogen and oxygen atoms in total. The number of hydrogen-bond acceptors (Lipinski definition) is 5. The summed E-state index contributed by atoms with van der Waals surface area (Å²) in [5, 5.41) is 3.53. The topological polar surface area (TPSA) is 90.7 Å². The molecule has 0 radical (unpaired) electrons. The molecule has 0 aromatic heterocycles. The van der Waals surface area contributed by atoms with Crippen LogP contribution >= 0.6 is 7.60 Å². The van der Waals surface area contributed by atoms with Gasteiger partial charge in [-0.1, -0.05) is 6.07 Å². The normalized spacial score (nSPS) is 18.3. The van der Waals surface area contributed by atoms with Crippen LogP contribution in [0.1, 0.15) is 31.0 Å². The molecule has 0 fully saturated rings. The summed E-state index contributed by atoms with van der Waals surface area (Å²) < 4.78 is 23.5. The third-order valence-electron chi connectivity index (χ3n) is 3.38. The maximum Gasteiger partial charge on any atom is 0.361 e. The van der Waals surface area contributed by atoms with Crippen LogP contribution in [0.25, 0.3) is 0 Å². The van der Waals surface area contributed by atoms with Crippen molar-refractivity contribution in [3.05, 3.63) is 29.3 Å². The molecule has 2 rings (SSSR count). The van der Waals surface area contributed by atoms with Crippen LogP contribution in [0.2, 0.25) is 0 Å². The molecule has 0 saturated carbocycles. The summed E-state index contributed by atoms with van der Waals surface area (Å²) in [5.41, 5.74) is 7.21. The lowest BCUT2D eigenvalue weighted by molar-refractivity contribution is -0.120. The van der Waals surface area contributed by atoms with Crippen molar-refractivity contribution in [2.24, 2.45) is 5.73 Å². The van der Waals surface area contributed by atoms with E-state index in [4.69, 9.17) is 14.8 Å². The van der Waals surface area contributed by atoms with Crippen molar-refractivity contribution >= 4 is 18.8 Å². The lowest BCUT2D eigenvalue weighted by atomic mass is 9.94. The van der Waals surface area contributed by atoms with Gasteiger partial charge in [0, 0.05) is 6.54 Å². The number of carbonyl (C=O) groups excluding carboxylic acids is 1. The third kappa shape index (κ3) is 3.35. The van der Waals surface area contributed by atoms with Crippen LogP contribution < -0.4 is 16.4 Å². The second-order valence-corrected chi connectivity index (χ2v) is 6.78. The molecule has 1 atom stereocenters. The second kappa shape index (κ2) is 6.71. The summed E-state index contributed by atoms with van der Waals surface area (Å²) in [6.07, 6.45) is 0.799. The molecule has 1 amide bonds. The van der Waals surface area contributed by atoms with Gasteiger partial charge in [0.1, 0.15) is 6.04 Å². The van der Waals surface area contributed by atoms with Crippen molar-refractivity contribution in [3.8, 4) is 0 Å². The highest BCUT2D eigenvalue weighted by molar-refractivity contribution is 7.62. The molecular weight excluding hydrogens is 291 g/mol. The highest BCUT2D eigenvalue weighted by Crippen LogP contribution is 2.47. The Morgan fingerprint density at radius 3 is 2.62 bits per heavy atom. The summed E-state index contributed by atoms with van der Waals surface area (Å²) in [6.45, 7) is 4.78. The minimum absolute atomic E-state index is 0.284. The molecule has 0 aliphatic carbocycles. The highest BCUT2D eigenvalue weighted by Gasteiger charge is 2.31. The van der Waals surface area contributed by atoms with Gasteiger partial charge >= 0.3 is 7.60 Å². The first-order chi connectivity index (χ1) is 10.0. The van der Waals surface area contributed by atoms with Crippen LogP contribution in [0.5, 0.6) is 0 Å². The number of carbonyl (C=O) groups is 1. The van der Waals surface area contributed by atoms with Crippen LogP contribution in [-0.2, 0) is 24.8 Å². The molecule has 1 heterocycles. The molecule has 7 heteroatoms. The van der Waals surface area contributed by atoms with Crippen LogP contribution in [0.4, 0.5) is 0 Å². The van der Waals surface area contributed by atoms with E-state index in [0.717, 1.165) is 17.5 Å². The van der Waals surface area contributed by atoms with E-state index < -0.39 is 19.5 Å². The van der Waals surface area contributed by atoms with E-state index in [1.54, 1.807) is 26.0 Å². The fourth-order valence-electron chi connectivity index (χ4n) is 2.49. The predicted molar refractivity (Wildman–Crippen MR) is 80.6 cm³/mol. The molecular formula is C14H21N2O4P. The zero-order chi connectivity index (χ0) is 15.5. The zero-order valence-corrected chi connectivity index (χ0v) is 13.2. The van der Waals surface area contributed by atoms with Crippen molar-refractivity contribution in [1.82, 2.24) is 5.32 Å². The molecule has 1 aliphatic rings. The second-order valence-electron chi connectivity index (χ2n) is 4.76. The van der Waals surface area contributed by atoms with Gasteiger partial charge in [-0.25, -0.2) is 0 Å². The lowest BCUT2D eigenvalue weighted by Gasteiger charge is -2.26. The fourth-order valence-corrected chi connectivity index (χ4v) is 4.10. The molecule has 0 spiro atoms. The average Bonchev–Trinajstić information content (AvgIpc) is 2.46. The number of fused-ring (bicyclic) bond motifs is 1. The largest absolute Gasteiger partial charge is 0.368 e. The van der Waals surface area contributed by atoms with Gasteiger partial charge in [0.05, 0.1) is 18.5 Å². The summed E-state index contributed by atoms with van der Waals surface area (Å²) in [6, 6.07) is 4.76. The van der Waals surface area contributed by atoms with Gasteiger partial charge in [0.2, 0.25) is 5.91 Å². The number of nitrogens with one attached hydrogen (secondary N) is 1. The number of primary amides is 1.